The van der Waals surface area contributed by atoms with Crippen LogP contribution in [0.2, 0.25) is 0 Å². The summed E-state index contributed by atoms with van der Waals surface area (Å²) < 4.78 is 18.7. The van der Waals surface area contributed by atoms with E-state index in [1.54, 1.807) is 17.0 Å². The lowest BCUT2D eigenvalue weighted by Gasteiger charge is -2.37. The van der Waals surface area contributed by atoms with Crippen LogP contribution in [0.1, 0.15) is 37.7 Å². The van der Waals surface area contributed by atoms with Crippen molar-refractivity contribution < 1.29 is 23.6 Å². The average Bonchev–Trinajstić information content (AvgIpc) is 2.80. The van der Waals surface area contributed by atoms with E-state index in [0.717, 1.165) is 37.7 Å². The first-order valence-electron chi connectivity index (χ1n) is 10.7. The molecule has 0 saturated heterocycles. The van der Waals surface area contributed by atoms with Crippen LogP contribution in [0.3, 0.4) is 0 Å². The minimum absolute atomic E-state index is 0.0297. The molecule has 2 aliphatic rings. The van der Waals surface area contributed by atoms with E-state index in [1.807, 2.05) is 0 Å². The average molecular weight is 441 g/mol. The Morgan fingerprint density at radius 2 is 1.88 bits per heavy atom. The lowest BCUT2D eigenvalue weighted by molar-refractivity contribution is -0.384. The molecule has 0 bridgehead atoms. The Hall–Kier alpha value is -3.49. The maximum atomic E-state index is 13.4. The molecule has 1 heterocycles. The van der Waals surface area contributed by atoms with Crippen molar-refractivity contribution in [3.05, 3.63) is 64.0 Å². The maximum absolute atomic E-state index is 13.4. The van der Waals surface area contributed by atoms with Gasteiger partial charge in [0.15, 0.2) is 6.61 Å². The van der Waals surface area contributed by atoms with Gasteiger partial charge in [-0.25, -0.2) is 4.39 Å². The smallest absolute Gasteiger partial charge is 0.271 e. The number of hydrogen-bond acceptors (Lipinski definition) is 5. The number of carbonyl (C=O) groups excluding carboxylic acids is 2. The first-order chi connectivity index (χ1) is 15.4. The lowest BCUT2D eigenvalue weighted by Crippen LogP contribution is -2.49. The van der Waals surface area contributed by atoms with Crippen LogP contribution in [0.25, 0.3) is 0 Å². The number of non-ortho nitro benzene ring substituents is 1. The molecule has 2 amide bonds. The molecule has 1 fully saturated rings. The molecule has 0 unspecified atom stereocenters. The van der Waals surface area contributed by atoms with Gasteiger partial charge in [0.2, 0.25) is 5.91 Å². The van der Waals surface area contributed by atoms with E-state index in [-0.39, 0.29) is 42.3 Å². The number of benzene rings is 2. The van der Waals surface area contributed by atoms with E-state index < -0.39 is 10.8 Å². The summed E-state index contributed by atoms with van der Waals surface area (Å²) in [6.45, 7) is -0.169. The van der Waals surface area contributed by atoms with Crippen LogP contribution >= 0.6 is 0 Å². The van der Waals surface area contributed by atoms with E-state index in [1.165, 1.54) is 35.2 Å². The molecule has 0 spiro atoms. The predicted octanol–water partition coefficient (Wildman–Crippen LogP) is 3.82. The molecule has 1 saturated carbocycles. The van der Waals surface area contributed by atoms with E-state index in [2.05, 4.69) is 0 Å². The van der Waals surface area contributed by atoms with Gasteiger partial charge in [-0.15, -0.1) is 0 Å². The van der Waals surface area contributed by atoms with Crippen molar-refractivity contribution in [3.63, 3.8) is 0 Å². The molecule has 9 heteroatoms. The summed E-state index contributed by atoms with van der Waals surface area (Å²) in [6.07, 6.45) is 4.89. The second-order valence-electron chi connectivity index (χ2n) is 8.12. The van der Waals surface area contributed by atoms with E-state index in [0.29, 0.717) is 12.3 Å². The zero-order valence-electron chi connectivity index (χ0n) is 17.5. The van der Waals surface area contributed by atoms with Crippen LogP contribution in [-0.4, -0.2) is 40.8 Å². The van der Waals surface area contributed by atoms with Crippen LogP contribution in [-0.2, 0) is 16.1 Å². The van der Waals surface area contributed by atoms with Gasteiger partial charge in [0.05, 0.1) is 10.6 Å². The van der Waals surface area contributed by atoms with Gasteiger partial charge in [-0.1, -0.05) is 31.4 Å². The van der Waals surface area contributed by atoms with Gasteiger partial charge in [-0.2, -0.15) is 0 Å². The first kappa shape index (κ1) is 21.7. The van der Waals surface area contributed by atoms with Gasteiger partial charge in [0.1, 0.15) is 18.1 Å². The van der Waals surface area contributed by atoms with Crippen molar-refractivity contribution in [2.45, 2.75) is 44.7 Å². The molecular weight excluding hydrogens is 417 g/mol. The summed E-state index contributed by atoms with van der Waals surface area (Å²) in [6, 6.07) is 10.0. The quantitative estimate of drug-likeness (QED) is 0.502. The normalized spacial score (nSPS) is 16.3. The molecule has 0 radical (unpaired) electrons. The number of nitro benzene ring substituents is 1. The molecular formula is C23H24FN3O5. The summed E-state index contributed by atoms with van der Waals surface area (Å²) in [4.78, 5) is 39.7. The van der Waals surface area contributed by atoms with Crippen LogP contribution in [0, 0.1) is 15.9 Å². The summed E-state index contributed by atoms with van der Waals surface area (Å²) in [5.74, 6) is -0.710. The summed E-state index contributed by atoms with van der Waals surface area (Å²) in [7, 11) is 0. The highest BCUT2D eigenvalue weighted by Gasteiger charge is 2.33. The number of anilines is 1. The Labute approximate surface area is 184 Å². The summed E-state index contributed by atoms with van der Waals surface area (Å²) in [5, 5.41) is 11.2. The Balaban J connectivity index is 1.60. The highest BCUT2D eigenvalue weighted by atomic mass is 19.1. The molecule has 0 atom stereocenters. The van der Waals surface area contributed by atoms with Crippen LogP contribution in [0.4, 0.5) is 15.8 Å². The van der Waals surface area contributed by atoms with Gasteiger partial charge in [0.25, 0.3) is 11.6 Å². The highest BCUT2D eigenvalue weighted by molar-refractivity contribution is 6.02. The van der Waals surface area contributed by atoms with Crippen molar-refractivity contribution in [2.75, 3.05) is 18.1 Å². The largest absolute Gasteiger partial charge is 0.482 e. The van der Waals surface area contributed by atoms with Gasteiger partial charge < -0.3 is 9.64 Å². The van der Waals surface area contributed by atoms with Crippen molar-refractivity contribution in [3.8, 4) is 5.75 Å². The Morgan fingerprint density at radius 1 is 1.16 bits per heavy atom. The predicted molar refractivity (Wildman–Crippen MR) is 115 cm³/mol. The minimum atomic E-state index is -0.553. The SMILES string of the molecule is O=C1COc2ccc([N+](=O)[O-])cc2N1CC(=O)N(Cc1ccc(F)cc1)C1CCCCC1. The summed E-state index contributed by atoms with van der Waals surface area (Å²) in [5.41, 5.74) is 0.832. The number of ether oxygens (including phenoxy) is 1. The zero-order valence-corrected chi connectivity index (χ0v) is 17.5. The van der Waals surface area contributed by atoms with Crippen LogP contribution < -0.4 is 9.64 Å². The Kier molecular flexibility index (Phi) is 6.34. The van der Waals surface area contributed by atoms with Crippen molar-refractivity contribution in [1.29, 1.82) is 0 Å². The van der Waals surface area contributed by atoms with Crippen LogP contribution in [0.15, 0.2) is 42.5 Å². The number of fused-ring (bicyclic) bond motifs is 1. The Bertz CT molecular complexity index is 1020. The molecule has 0 aromatic heterocycles. The second-order valence-corrected chi connectivity index (χ2v) is 8.12. The van der Waals surface area contributed by atoms with Crippen LogP contribution in [0.5, 0.6) is 5.75 Å². The highest BCUT2D eigenvalue weighted by Crippen LogP contribution is 2.35. The fraction of sp³-hybridized carbons (Fsp3) is 0.391. The molecule has 0 N–H and O–H groups in total. The number of rotatable bonds is 6. The van der Waals surface area contributed by atoms with E-state index in [4.69, 9.17) is 4.74 Å². The topological polar surface area (TPSA) is 93.0 Å². The molecule has 8 nitrogen and oxygen atoms in total. The number of nitro groups is 1. The number of hydrogen-bond donors (Lipinski definition) is 0. The number of amides is 2. The fourth-order valence-corrected chi connectivity index (χ4v) is 4.30. The van der Waals surface area contributed by atoms with Gasteiger partial charge in [-0.3, -0.25) is 24.6 Å². The van der Waals surface area contributed by atoms with E-state index >= 15 is 0 Å². The third-order valence-corrected chi connectivity index (χ3v) is 5.99. The maximum Gasteiger partial charge on any atom is 0.271 e. The third kappa shape index (κ3) is 4.71. The Morgan fingerprint density at radius 3 is 2.56 bits per heavy atom. The van der Waals surface area contributed by atoms with E-state index in [9.17, 15) is 24.1 Å². The molecule has 168 valence electrons. The minimum Gasteiger partial charge on any atom is -0.482 e. The molecule has 4 rings (SSSR count). The fourth-order valence-electron chi connectivity index (χ4n) is 4.30. The number of halogens is 1. The van der Waals surface area contributed by atoms with Gasteiger partial charge >= 0.3 is 0 Å². The monoisotopic (exact) mass is 441 g/mol. The lowest BCUT2D eigenvalue weighted by atomic mass is 9.93. The van der Waals surface area contributed by atoms with Gasteiger partial charge in [-0.05, 0) is 36.6 Å². The number of nitrogens with zero attached hydrogens (tertiary/aromatic N) is 3. The number of carbonyl (C=O) groups is 2. The third-order valence-electron chi connectivity index (χ3n) is 5.99. The summed E-state index contributed by atoms with van der Waals surface area (Å²) >= 11 is 0. The second kappa shape index (κ2) is 9.33. The van der Waals surface area contributed by atoms with Crippen molar-refractivity contribution in [2.24, 2.45) is 0 Å². The molecule has 2 aromatic carbocycles. The standard InChI is InChI=1S/C23H24FN3O5/c24-17-8-6-16(7-9-17)13-25(18-4-2-1-3-5-18)22(28)14-26-20-12-19(27(30)31)10-11-21(20)32-15-23(26)29/h6-12,18H,1-5,13-15H2. The molecule has 2 aromatic rings. The zero-order chi connectivity index (χ0) is 22.7. The molecule has 1 aliphatic heterocycles. The van der Waals surface area contributed by atoms with Crippen molar-refractivity contribution in [1.82, 2.24) is 4.90 Å². The molecule has 32 heavy (non-hydrogen) atoms. The van der Waals surface area contributed by atoms with Crippen molar-refractivity contribution >= 4 is 23.2 Å². The molecule has 1 aliphatic carbocycles. The van der Waals surface area contributed by atoms with Gasteiger partial charge in [0, 0.05) is 24.7 Å². The first-order valence-corrected chi connectivity index (χ1v) is 10.7.